The first-order valence-electron chi connectivity index (χ1n) is 8.19. The Labute approximate surface area is 137 Å². The second-order valence-electron chi connectivity index (χ2n) is 6.65. The first-order chi connectivity index (χ1) is 10.2. The molecular formula is C20H34O2. The highest BCUT2D eigenvalue weighted by atomic mass is 16.3. The molecule has 0 aliphatic heterocycles. The average molecular weight is 306 g/mol. The molecule has 2 nitrogen and oxygen atoms in total. The third-order valence-corrected chi connectivity index (χ3v) is 3.44. The summed E-state index contributed by atoms with van der Waals surface area (Å²) in [6.07, 6.45) is 10.0. The van der Waals surface area contributed by atoms with Gasteiger partial charge in [0.05, 0.1) is 0 Å². The van der Waals surface area contributed by atoms with Crippen LogP contribution in [0.5, 0.6) is 0 Å². The van der Waals surface area contributed by atoms with Crippen molar-refractivity contribution < 1.29 is 10.2 Å². The van der Waals surface area contributed by atoms with Gasteiger partial charge in [-0.1, -0.05) is 46.6 Å². The fourth-order valence-corrected chi connectivity index (χ4v) is 2.12. The van der Waals surface area contributed by atoms with Gasteiger partial charge in [-0.3, -0.25) is 0 Å². The normalized spacial score (nSPS) is 15.3. The maximum Gasteiger partial charge on any atom is 0.102 e. The van der Waals surface area contributed by atoms with E-state index in [4.69, 9.17) is 0 Å². The number of hydrogen-bond acceptors (Lipinski definition) is 2. The van der Waals surface area contributed by atoms with Gasteiger partial charge in [0, 0.05) is 0 Å². The van der Waals surface area contributed by atoms with Crippen molar-refractivity contribution in [2.24, 2.45) is 0 Å². The Kier molecular flexibility index (Phi) is 10.9. The second-order valence-corrected chi connectivity index (χ2v) is 6.65. The molecule has 0 aliphatic rings. The Balaban J connectivity index is 4.42. The minimum Gasteiger partial charge on any atom is -0.386 e. The van der Waals surface area contributed by atoms with E-state index in [2.05, 4.69) is 39.8 Å². The van der Waals surface area contributed by atoms with Crippen LogP contribution in [0.2, 0.25) is 0 Å². The lowest BCUT2D eigenvalue weighted by atomic mass is 10.0. The van der Waals surface area contributed by atoms with Crippen molar-refractivity contribution in [1.29, 1.82) is 0 Å². The van der Waals surface area contributed by atoms with Crippen LogP contribution in [-0.2, 0) is 0 Å². The fraction of sp³-hybridized carbons (Fsp3) is 0.600. The number of rotatable bonds is 9. The topological polar surface area (TPSA) is 40.5 Å². The molecule has 0 saturated carbocycles. The summed E-state index contributed by atoms with van der Waals surface area (Å²) in [5.74, 6) is 0. The fourth-order valence-electron chi connectivity index (χ4n) is 2.12. The highest BCUT2D eigenvalue weighted by molar-refractivity contribution is 5.12. The van der Waals surface area contributed by atoms with Crippen LogP contribution in [0.25, 0.3) is 0 Å². The molecular weight excluding hydrogens is 272 g/mol. The Hall–Kier alpha value is -1.12. The van der Waals surface area contributed by atoms with Gasteiger partial charge < -0.3 is 10.2 Å². The van der Waals surface area contributed by atoms with Crippen molar-refractivity contribution >= 4 is 0 Å². The maximum absolute atomic E-state index is 10.1. The zero-order valence-electron chi connectivity index (χ0n) is 15.2. The molecule has 2 atom stereocenters. The van der Waals surface area contributed by atoms with Crippen LogP contribution >= 0.6 is 0 Å². The van der Waals surface area contributed by atoms with E-state index in [-0.39, 0.29) is 0 Å². The summed E-state index contributed by atoms with van der Waals surface area (Å²) in [5.41, 5.74) is 4.84. The summed E-state index contributed by atoms with van der Waals surface area (Å²) >= 11 is 0. The van der Waals surface area contributed by atoms with E-state index in [0.29, 0.717) is 0 Å². The molecule has 0 aromatic heterocycles. The van der Waals surface area contributed by atoms with Gasteiger partial charge in [-0.05, 0) is 67.2 Å². The number of aliphatic hydroxyl groups is 2. The first-order valence-corrected chi connectivity index (χ1v) is 8.19. The Morgan fingerprint density at radius 3 is 1.27 bits per heavy atom. The largest absolute Gasteiger partial charge is 0.386 e. The van der Waals surface area contributed by atoms with Crippen molar-refractivity contribution in [2.45, 2.75) is 79.4 Å². The van der Waals surface area contributed by atoms with E-state index < -0.39 is 12.2 Å². The van der Waals surface area contributed by atoms with Crippen LogP contribution in [0.3, 0.4) is 0 Å². The minimum absolute atomic E-state index is 0.829. The summed E-state index contributed by atoms with van der Waals surface area (Å²) in [6, 6.07) is 0. The van der Waals surface area contributed by atoms with Crippen LogP contribution in [0, 0.1) is 0 Å². The molecule has 0 saturated heterocycles. The summed E-state index contributed by atoms with van der Waals surface area (Å²) in [7, 11) is 0. The van der Waals surface area contributed by atoms with Gasteiger partial charge in [-0.2, -0.15) is 0 Å². The van der Waals surface area contributed by atoms with Gasteiger partial charge in [-0.25, -0.2) is 0 Å². The molecule has 0 aromatic carbocycles. The molecule has 0 heterocycles. The van der Waals surface area contributed by atoms with Crippen molar-refractivity contribution in [1.82, 2.24) is 0 Å². The smallest absolute Gasteiger partial charge is 0.102 e. The van der Waals surface area contributed by atoms with Crippen molar-refractivity contribution in [3.05, 3.63) is 46.6 Å². The summed E-state index contributed by atoms with van der Waals surface area (Å²) in [6.45, 7) is 12.3. The van der Waals surface area contributed by atoms with Crippen molar-refractivity contribution in [3.8, 4) is 0 Å². The molecule has 0 rings (SSSR count). The SMILES string of the molecule is CC(C)=CCC/C(C)=C/C(O)C(O)/C=C(\C)CCC=C(C)C. The highest BCUT2D eigenvalue weighted by Gasteiger charge is 2.11. The molecule has 2 N–H and O–H groups in total. The molecule has 126 valence electrons. The van der Waals surface area contributed by atoms with Gasteiger partial charge >= 0.3 is 0 Å². The van der Waals surface area contributed by atoms with Gasteiger partial charge in [0.2, 0.25) is 0 Å². The minimum atomic E-state index is -0.829. The number of aliphatic hydroxyl groups excluding tert-OH is 2. The predicted octanol–water partition coefficient (Wildman–Crippen LogP) is 5.09. The molecule has 0 spiro atoms. The summed E-state index contributed by atoms with van der Waals surface area (Å²) in [5, 5.41) is 20.1. The molecule has 2 unspecified atom stereocenters. The predicted molar refractivity (Wildman–Crippen MR) is 96.9 cm³/mol. The molecule has 22 heavy (non-hydrogen) atoms. The van der Waals surface area contributed by atoms with Crippen molar-refractivity contribution in [2.75, 3.05) is 0 Å². The number of hydrogen-bond donors (Lipinski definition) is 2. The standard InChI is InChI=1S/C20H34O2/c1-15(2)9-7-11-17(5)13-19(21)20(22)14-18(6)12-8-10-16(3)4/h9-10,13-14,19-22H,7-8,11-12H2,1-6H3/b17-13+,18-14+. The van der Waals surface area contributed by atoms with E-state index in [0.717, 1.165) is 36.8 Å². The zero-order valence-corrected chi connectivity index (χ0v) is 15.2. The van der Waals surface area contributed by atoms with Crippen molar-refractivity contribution in [3.63, 3.8) is 0 Å². The first kappa shape index (κ1) is 20.9. The third-order valence-electron chi connectivity index (χ3n) is 3.44. The summed E-state index contributed by atoms with van der Waals surface area (Å²) < 4.78 is 0. The van der Waals surface area contributed by atoms with Gasteiger partial charge in [0.1, 0.15) is 12.2 Å². The molecule has 0 bridgehead atoms. The van der Waals surface area contributed by atoms with E-state index in [9.17, 15) is 10.2 Å². The molecule has 0 radical (unpaired) electrons. The molecule has 2 heteroatoms. The lowest BCUT2D eigenvalue weighted by Crippen LogP contribution is -2.22. The lowest BCUT2D eigenvalue weighted by Gasteiger charge is -2.13. The van der Waals surface area contributed by atoms with Gasteiger partial charge in [-0.15, -0.1) is 0 Å². The number of allylic oxidation sites excluding steroid dienone is 6. The van der Waals surface area contributed by atoms with E-state index in [1.165, 1.54) is 11.1 Å². The van der Waals surface area contributed by atoms with E-state index in [1.807, 2.05) is 13.8 Å². The highest BCUT2D eigenvalue weighted by Crippen LogP contribution is 2.12. The lowest BCUT2D eigenvalue weighted by molar-refractivity contribution is 0.0796. The third kappa shape index (κ3) is 11.5. The molecule has 0 aliphatic carbocycles. The van der Waals surface area contributed by atoms with Crippen LogP contribution in [0.4, 0.5) is 0 Å². The molecule has 0 amide bonds. The maximum atomic E-state index is 10.1. The summed E-state index contributed by atoms with van der Waals surface area (Å²) in [4.78, 5) is 0. The second kappa shape index (κ2) is 11.4. The van der Waals surface area contributed by atoms with Gasteiger partial charge in [0.25, 0.3) is 0 Å². The monoisotopic (exact) mass is 306 g/mol. The van der Waals surface area contributed by atoms with Crippen LogP contribution in [0.1, 0.15) is 67.2 Å². The van der Waals surface area contributed by atoms with E-state index >= 15 is 0 Å². The van der Waals surface area contributed by atoms with E-state index in [1.54, 1.807) is 12.2 Å². The zero-order chi connectivity index (χ0) is 17.1. The Morgan fingerprint density at radius 1 is 0.682 bits per heavy atom. The van der Waals surface area contributed by atoms with Gasteiger partial charge in [0.15, 0.2) is 0 Å². The van der Waals surface area contributed by atoms with Crippen LogP contribution in [0.15, 0.2) is 46.6 Å². The van der Waals surface area contributed by atoms with Crippen LogP contribution < -0.4 is 0 Å². The quantitative estimate of drug-likeness (QED) is 0.582. The molecule has 0 aromatic rings. The average Bonchev–Trinajstić information content (AvgIpc) is 2.37. The Bertz CT molecular complexity index is 389. The molecule has 0 fully saturated rings. The Morgan fingerprint density at radius 2 is 1.00 bits per heavy atom. The van der Waals surface area contributed by atoms with Crippen LogP contribution in [-0.4, -0.2) is 22.4 Å².